The Kier molecular flexibility index (Phi) is 11.0. The Morgan fingerprint density at radius 2 is 1.85 bits per heavy atom. The molecule has 10 nitrogen and oxygen atoms in total. The topological polar surface area (TPSA) is 118 Å². The molecule has 48 heavy (non-hydrogen) atoms. The molecule has 1 aliphatic heterocycles. The second-order valence-corrected chi connectivity index (χ2v) is 11.7. The summed E-state index contributed by atoms with van der Waals surface area (Å²) < 4.78 is 50.7. The number of anilines is 3. The third kappa shape index (κ3) is 9.83. The number of hydrogen-bond donors (Lipinski definition) is 3. The number of morpholine rings is 1. The summed E-state index contributed by atoms with van der Waals surface area (Å²) in [5, 5.41) is 8.70. The predicted octanol–water partition coefficient (Wildman–Crippen LogP) is 6.71. The highest BCUT2D eigenvalue weighted by molar-refractivity contribution is 6.07. The van der Waals surface area contributed by atoms with Gasteiger partial charge in [-0.3, -0.25) is 15.0 Å². The van der Waals surface area contributed by atoms with E-state index >= 15 is 0 Å². The molecule has 0 saturated carbocycles. The lowest BCUT2D eigenvalue weighted by Gasteiger charge is -2.31. The van der Waals surface area contributed by atoms with Crippen LogP contribution in [-0.4, -0.2) is 71.7 Å². The minimum atomic E-state index is -4.55. The summed E-state index contributed by atoms with van der Waals surface area (Å²) in [5.41, 5.74) is 1.25. The average Bonchev–Trinajstić information content (AvgIpc) is 3.06. The van der Waals surface area contributed by atoms with Crippen molar-refractivity contribution in [2.45, 2.75) is 32.0 Å². The van der Waals surface area contributed by atoms with Gasteiger partial charge in [-0.25, -0.2) is 14.8 Å². The molecule has 2 aliphatic rings. The Bertz CT molecular complexity index is 1720. The number of ketones is 1. The number of hydrogen-bond acceptors (Lipinski definition) is 8. The smallest absolute Gasteiger partial charge is 0.379 e. The quantitative estimate of drug-likeness (QED) is 0.153. The normalized spacial score (nSPS) is 18.4. The Labute approximate surface area is 276 Å². The minimum absolute atomic E-state index is 0.0805. The fourth-order valence-corrected chi connectivity index (χ4v) is 5.05. The minimum Gasteiger partial charge on any atom is -0.379 e. The maximum Gasteiger partial charge on any atom is 0.416 e. The monoisotopic (exact) mass is 662 g/mol. The summed E-state index contributed by atoms with van der Waals surface area (Å²) in [6.45, 7) is 8.71. The van der Waals surface area contributed by atoms with Crippen LogP contribution in [-0.2, 0) is 15.7 Å². The molecule has 1 saturated heterocycles. The molecule has 1 unspecified atom stereocenters. The highest BCUT2D eigenvalue weighted by Gasteiger charge is 2.30. The van der Waals surface area contributed by atoms with Crippen LogP contribution in [0.3, 0.4) is 0 Å². The first-order valence-electron chi connectivity index (χ1n) is 15.5. The SMILES string of the molecule is Cc1ccc(/C=C/C(=O)c2cccc(C(F)(F)F)c2)cc1NC(=O)Nc1cc(NC2=CCC(C)(OCCN3CCOCC3)C=C2)ncn1. The van der Waals surface area contributed by atoms with E-state index in [0.29, 0.717) is 30.1 Å². The number of carbonyl (C=O) groups excluding carboxylic acids is 2. The number of nitrogens with one attached hydrogen (secondary N) is 3. The Hall–Kier alpha value is -4.85. The van der Waals surface area contributed by atoms with Gasteiger partial charge >= 0.3 is 12.2 Å². The van der Waals surface area contributed by atoms with Crippen molar-refractivity contribution in [2.24, 2.45) is 0 Å². The van der Waals surface area contributed by atoms with Gasteiger partial charge in [0.1, 0.15) is 18.0 Å². The van der Waals surface area contributed by atoms with Crippen LogP contribution in [0, 0.1) is 6.92 Å². The molecular weight excluding hydrogens is 625 g/mol. The van der Waals surface area contributed by atoms with Crippen LogP contribution < -0.4 is 16.0 Å². The number of halogens is 3. The molecule has 252 valence electrons. The number of ether oxygens (including phenoxy) is 2. The van der Waals surface area contributed by atoms with Crippen LogP contribution in [0.2, 0.25) is 0 Å². The molecule has 2 aromatic carbocycles. The fourth-order valence-electron chi connectivity index (χ4n) is 5.05. The number of nitrogens with zero attached hydrogens (tertiary/aromatic N) is 3. The molecule has 0 spiro atoms. The van der Waals surface area contributed by atoms with Crippen molar-refractivity contribution in [3.63, 3.8) is 0 Å². The summed E-state index contributed by atoms with van der Waals surface area (Å²) in [6, 6.07) is 10.4. The lowest BCUT2D eigenvalue weighted by Crippen LogP contribution is -2.40. The molecule has 2 heterocycles. The van der Waals surface area contributed by atoms with Crippen molar-refractivity contribution in [2.75, 3.05) is 55.4 Å². The Morgan fingerprint density at radius 3 is 2.60 bits per heavy atom. The fraction of sp³-hybridized carbons (Fsp3) is 0.314. The van der Waals surface area contributed by atoms with E-state index < -0.39 is 29.2 Å². The lowest BCUT2D eigenvalue weighted by molar-refractivity contribution is -0.137. The number of aryl methyl sites for hydroxylation is 1. The van der Waals surface area contributed by atoms with Crippen LogP contribution in [0.25, 0.3) is 6.08 Å². The molecule has 1 atom stereocenters. The summed E-state index contributed by atoms with van der Waals surface area (Å²) in [4.78, 5) is 36.1. The Morgan fingerprint density at radius 1 is 1.06 bits per heavy atom. The first-order chi connectivity index (χ1) is 23.0. The van der Waals surface area contributed by atoms with Crippen molar-refractivity contribution < 1.29 is 32.2 Å². The number of urea groups is 1. The van der Waals surface area contributed by atoms with Gasteiger partial charge in [-0.15, -0.1) is 0 Å². The number of benzene rings is 2. The number of carbonyl (C=O) groups is 2. The third-order valence-corrected chi connectivity index (χ3v) is 7.88. The zero-order chi connectivity index (χ0) is 34.1. The molecule has 1 fully saturated rings. The van der Waals surface area contributed by atoms with E-state index in [-0.39, 0.29) is 11.4 Å². The highest BCUT2D eigenvalue weighted by Crippen LogP contribution is 2.30. The summed E-state index contributed by atoms with van der Waals surface area (Å²) in [5.74, 6) is 0.173. The van der Waals surface area contributed by atoms with E-state index in [9.17, 15) is 22.8 Å². The lowest BCUT2D eigenvalue weighted by atomic mass is 9.96. The number of amides is 2. The molecule has 1 aromatic heterocycles. The van der Waals surface area contributed by atoms with Crippen LogP contribution in [0.4, 0.5) is 35.3 Å². The number of aromatic nitrogens is 2. The first-order valence-corrected chi connectivity index (χ1v) is 15.5. The molecule has 0 radical (unpaired) electrons. The van der Waals surface area contributed by atoms with Crippen molar-refractivity contribution in [3.8, 4) is 0 Å². The molecule has 13 heteroatoms. The van der Waals surface area contributed by atoms with Gasteiger partial charge in [-0.1, -0.05) is 42.5 Å². The van der Waals surface area contributed by atoms with E-state index in [1.807, 2.05) is 18.2 Å². The van der Waals surface area contributed by atoms with Gasteiger partial charge < -0.3 is 20.1 Å². The van der Waals surface area contributed by atoms with Gasteiger partial charge in [0.2, 0.25) is 0 Å². The number of alkyl halides is 3. The van der Waals surface area contributed by atoms with Crippen LogP contribution in [0.1, 0.15) is 40.4 Å². The predicted molar refractivity (Wildman–Crippen MR) is 178 cm³/mol. The largest absolute Gasteiger partial charge is 0.416 e. The average molecular weight is 663 g/mol. The van der Waals surface area contributed by atoms with Crippen molar-refractivity contribution in [3.05, 3.63) is 107 Å². The maximum atomic E-state index is 13.0. The molecule has 0 bridgehead atoms. The van der Waals surface area contributed by atoms with Crippen molar-refractivity contribution in [1.82, 2.24) is 14.9 Å². The maximum absolute atomic E-state index is 13.0. The van der Waals surface area contributed by atoms with Gasteiger partial charge in [0, 0.05) is 49.1 Å². The van der Waals surface area contributed by atoms with E-state index in [0.717, 1.165) is 56.2 Å². The second-order valence-electron chi connectivity index (χ2n) is 11.7. The van der Waals surface area contributed by atoms with Gasteiger partial charge in [0.15, 0.2) is 5.78 Å². The van der Waals surface area contributed by atoms with Gasteiger partial charge in [0.25, 0.3) is 0 Å². The molecular formula is C35H37F3N6O4. The zero-order valence-electron chi connectivity index (χ0n) is 26.6. The highest BCUT2D eigenvalue weighted by atomic mass is 19.4. The van der Waals surface area contributed by atoms with Crippen molar-refractivity contribution in [1.29, 1.82) is 0 Å². The van der Waals surface area contributed by atoms with Crippen LogP contribution in [0.15, 0.2) is 84.9 Å². The summed E-state index contributed by atoms with van der Waals surface area (Å²) >= 11 is 0. The molecule has 3 N–H and O–H groups in total. The first kappa shape index (κ1) is 34.5. The van der Waals surface area contributed by atoms with Crippen LogP contribution >= 0.6 is 0 Å². The molecule has 2 amide bonds. The van der Waals surface area contributed by atoms with Gasteiger partial charge in [0.05, 0.1) is 31.0 Å². The summed E-state index contributed by atoms with van der Waals surface area (Å²) in [6.07, 6.45) is 6.14. The zero-order valence-corrected chi connectivity index (χ0v) is 26.6. The molecule has 1 aliphatic carbocycles. The van der Waals surface area contributed by atoms with E-state index in [4.69, 9.17) is 9.47 Å². The summed E-state index contributed by atoms with van der Waals surface area (Å²) in [7, 11) is 0. The van der Waals surface area contributed by atoms with Crippen molar-refractivity contribution >= 4 is 35.2 Å². The molecule has 5 rings (SSSR count). The number of allylic oxidation sites excluding steroid dienone is 2. The van der Waals surface area contributed by atoms with Gasteiger partial charge in [-0.05, 0) is 55.3 Å². The third-order valence-electron chi connectivity index (χ3n) is 7.88. The molecule has 3 aromatic rings. The van der Waals surface area contributed by atoms with Crippen LogP contribution in [0.5, 0.6) is 0 Å². The Balaban J connectivity index is 1.13. The van der Waals surface area contributed by atoms with E-state index in [1.54, 1.807) is 31.2 Å². The van der Waals surface area contributed by atoms with E-state index in [1.165, 1.54) is 30.6 Å². The standard InChI is InChI=1S/C35H37F3N6O4/c1-24-6-7-25(8-9-30(45)26-4-3-5-27(21-26)35(36,37)38)20-29(24)42-33(46)43-32-22-31(39-23-40-32)41-28-10-12-34(2,13-11-28)48-19-16-44-14-17-47-18-15-44/h3-12,20-23H,13-19H2,1-2H3,(H3,39,40,41,42,43,46)/b9-8+. The second kappa shape index (κ2) is 15.4. The van der Waals surface area contributed by atoms with Gasteiger partial charge in [-0.2, -0.15) is 13.2 Å². The number of rotatable bonds is 11. The van der Waals surface area contributed by atoms with E-state index in [2.05, 4.69) is 37.7 Å².